The van der Waals surface area contributed by atoms with Crippen molar-refractivity contribution in [3.05, 3.63) is 63.6 Å². The van der Waals surface area contributed by atoms with Crippen molar-refractivity contribution in [2.75, 3.05) is 0 Å². The Hall–Kier alpha value is -1.16. The number of nitrogens with zero attached hydrogens (tertiary/aromatic N) is 1. The Balaban J connectivity index is 2.30. The Bertz CT molecular complexity index is 582. The molecule has 0 spiro atoms. The van der Waals surface area contributed by atoms with Crippen LogP contribution in [0, 0.1) is 5.82 Å². The molecule has 1 unspecified atom stereocenters. The molecule has 0 fully saturated rings. The van der Waals surface area contributed by atoms with Crippen LogP contribution in [0.1, 0.15) is 18.2 Å². The predicted octanol–water partition coefficient (Wildman–Crippen LogP) is 3.94. The highest BCUT2D eigenvalue weighted by Gasteiger charge is 2.24. The SMILES string of the molecule is CC(N)(Cc1cccc(Cl)c1Cl)c1ccc(F)cn1. The second-order valence-electron chi connectivity index (χ2n) is 4.67. The molecule has 0 saturated heterocycles. The van der Waals surface area contributed by atoms with Crippen LogP contribution in [0.3, 0.4) is 0 Å². The summed E-state index contributed by atoms with van der Waals surface area (Å²) in [7, 11) is 0. The fourth-order valence-electron chi connectivity index (χ4n) is 1.88. The molecule has 1 aromatic carbocycles. The third kappa shape index (κ3) is 3.24. The predicted molar refractivity (Wildman–Crippen MR) is 75.9 cm³/mol. The molecule has 1 aromatic heterocycles. The van der Waals surface area contributed by atoms with Gasteiger partial charge in [0, 0.05) is 0 Å². The Labute approximate surface area is 121 Å². The van der Waals surface area contributed by atoms with Crippen molar-refractivity contribution in [3.63, 3.8) is 0 Å². The summed E-state index contributed by atoms with van der Waals surface area (Å²) in [6.07, 6.45) is 1.62. The van der Waals surface area contributed by atoms with Gasteiger partial charge in [-0.15, -0.1) is 0 Å². The molecule has 0 saturated carbocycles. The lowest BCUT2D eigenvalue weighted by Gasteiger charge is -2.24. The second-order valence-corrected chi connectivity index (χ2v) is 5.45. The smallest absolute Gasteiger partial charge is 0.141 e. The Morgan fingerprint density at radius 2 is 2.00 bits per heavy atom. The quantitative estimate of drug-likeness (QED) is 0.932. The molecule has 2 aromatic rings. The van der Waals surface area contributed by atoms with Crippen molar-refractivity contribution >= 4 is 23.2 Å². The van der Waals surface area contributed by atoms with Gasteiger partial charge < -0.3 is 5.73 Å². The fraction of sp³-hybridized carbons (Fsp3) is 0.214. The lowest BCUT2D eigenvalue weighted by Crippen LogP contribution is -2.36. The molecule has 0 aliphatic carbocycles. The average molecular weight is 299 g/mol. The van der Waals surface area contributed by atoms with Gasteiger partial charge in [-0.2, -0.15) is 0 Å². The van der Waals surface area contributed by atoms with Crippen molar-refractivity contribution in [2.45, 2.75) is 18.9 Å². The van der Waals surface area contributed by atoms with Crippen LogP contribution in [0.2, 0.25) is 10.0 Å². The van der Waals surface area contributed by atoms with E-state index in [0.29, 0.717) is 22.2 Å². The Kier molecular flexibility index (Phi) is 4.09. The summed E-state index contributed by atoms with van der Waals surface area (Å²) < 4.78 is 12.9. The number of hydrogen-bond donors (Lipinski definition) is 1. The molecule has 19 heavy (non-hydrogen) atoms. The number of pyridine rings is 1. The lowest BCUT2D eigenvalue weighted by atomic mass is 9.90. The van der Waals surface area contributed by atoms with Gasteiger partial charge in [-0.05, 0) is 37.1 Å². The maximum absolute atomic E-state index is 12.9. The number of hydrogen-bond acceptors (Lipinski definition) is 2. The van der Waals surface area contributed by atoms with E-state index in [-0.39, 0.29) is 5.82 Å². The molecule has 2 N–H and O–H groups in total. The minimum Gasteiger partial charge on any atom is -0.320 e. The summed E-state index contributed by atoms with van der Waals surface area (Å²) in [5.74, 6) is -0.389. The van der Waals surface area contributed by atoms with Gasteiger partial charge >= 0.3 is 0 Å². The zero-order valence-electron chi connectivity index (χ0n) is 10.3. The molecule has 0 aliphatic heterocycles. The molecule has 1 heterocycles. The van der Waals surface area contributed by atoms with Crippen molar-refractivity contribution in [1.29, 1.82) is 0 Å². The molecule has 5 heteroatoms. The Morgan fingerprint density at radius 1 is 1.26 bits per heavy atom. The number of benzene rings is 1. The van der Waals surface area contributed by atoms with Gasteiger partial charge in [0.15, 0.2) is 0 Å². The van der Waals surface area contributed by atoms with Crippen LogP contribution >= 0.6 is 23.2 Å². The summed E-state index contributed by atoms with van der Waals surface area (Å²) in [6.45, 7) is 1.82. The van der Waals surface area contributed by atoms with E-state index in [2.05, 4.69) is 4.98 Å². The minimum absolute atomic E-state index is 0.389. The number of rotatable bonds is 3. The molecule has 0 bridgehead atoms. The second kappa shape index (κ2) is 5.45. The van der Waals surface area contributed by atoms with E-state index >= 15 is 0 Å². The third-order valence-corrected chi connectivity index (χ3v) is 3.76. The highest BCUT2D eigenvalue weighted by Crippen LogP contribution is 2.30. The summed E-state index contributed by atoms with van der Waals surface area (Å²) in [5, 5.41) is 0.977. The van der Waals surface area contributed by atoms with E-state index in [1.54, 1.807) is 12.1 Å². The van der Waals surface area contributed by atoms with Gasteiger partial charge in [-0.25, -0.2) is 4.39 Å². The number of aromatic nitrogens is 1. The fourth-order valence-corrected chi connectivity index (χ4v) is 2.27. The molecule has 0 aliphatic rings. The lowest BCUT2D eigenvalue weighted by molar-refractivity contribution is 0.473. The van der Waals surface area contributed by atoms with Gasteiger partial charge in [0.2, 0.25) is 0 Å². The number of halogens is 3. The van der Waals surface area contributed by atoms with E-state index in [1.807, 2.05) is 19.1 Å². The van der Waals surface area contributed by atoms with Crippen molar-refractivity contribution in [2.24, 2.45) is 5.73 Å². The van der Waals surface area contributed by atoms with E-state index in [1.165, 1.54) is 6.07 Å². The minimum atomic E-state index is -0.748. The van der Waals surface area contributed by atoms with Crippen LogP contribution in [0.15, 0.2) is 36.5 Å². The normalized spacial score (nSPS) is 14.2. The molecule has 100 valence electrons. The molecular weight excluding hydrogens is 286 g/mol. The van der Waals surface area contributed by atoms with Crippen LogP contribution in [-0.2, 0) is 12.0 Å². The molecule has 0 amide bonds. The molecule has 1 atom stereocenters. The first-order chi connectivity index (χ1) is 8.90. The zero-order valence-corrected chi connectivity index (χ0v) is 11.8. The van der Waals surface area contributed by atoms with E-state index in [0.717, 1.165) is 11.8 Å². The van der Waals surface area contributed by atoms with E-state index in [9.17, 15) is 4.39 Å². The first-order valence-electron chi connectivity index (χ1n) is 5.74. The highest BCUT2D eigenvalue weighted by atomic mass is 35.5. The zero-order chi connectivity index (χ0) is 14.0. The number of nitrogens with two attached hydrogens (primary N) is 1. The topological polar surface area (TPSA) is 38.9 Å². The third-order valence-electron chi connectivity index (χ3n) is 2.90. The summed E-state index contributed by atoms with van der Waals surface area (Å²) in [5.41, 5.74) is 6.94. The molecule has 2 rings (SSSR count). The van der Waals surface area contributed by atoms with Gasteiger partial charge in [-0.3, -0.25) is 4.98 Å². The van der Waals surface area contributed by atoms with Crippen LogP contribution in [0.4, 0.5) is 4.39 Å². The highest BCUT2D eigenvalue weighted by molar-refractivity contribution is 6.42. The molecule has 0 radical (unpaired) electrons. The van der Waals surface area contributed by atoms with Crippen LogP contribution in [0.5, 0.6) is 0 Å². The van der Waals surface area contributed by atoms with Crippen molar-refractivity contribution in [1.82, 2.24) is 4.98 Å². The first-order valence-corrected chi connectivity index (χ1v) is 6.49. The van der Waals surface area contributed by atoms with Crippen LogP contribution in [0.25, 0.3) is 0 Å². The first kappa shape index (κ1) is 14.3. The maximum Gasteiger partial charge on any atom is 0.141 e. The molecular formula is C14H13Cl2FN2. The summed E-state index contributed by atoms with van der Waals surface area (Å²) >= 11 is 12.1. The van der Waals surface area contributed by atoms with E-state index in [4.69, 9.17) is 28.9 Å². The van der Waals surface area contributed by atoms with Crippen LogP contribution in [-0.4, -0.2) is 4.98 Å². The van der Waals surface area contributed by atoms with Crippen LogP contribution < -0.4 is 5.73 Å². The summed E-state index contributed by atoms with van der Waals surface area (Å²) in [6, 6.07) is 8.32. The molecule has 2 nitrogen and oxygen atoms in total. The van der Waals surface area contributed by atoms with Gasteiger partial charge in [0.1, 0.15) is 5.82 Å². The van der Waals surface area contributed by atoms with Crippen molar-refractivity contribution < 1.29 is 4.39 Å². The van der Waals surface area contributed by atoms with E-state index < -0.39 is 5.54 Å². The summed E-state index contributed by atoms with van der Waals surface area (Å²) in [4.78, 5) is 4.02. The Morgan fingerprint density at radius 3 is 2.63 bits per heavy atom. The van der Waals surface area contributed by atoms with Crippen molar-refractivity contribution in [3.8, 4) is 0 Å². The standard InChI is InChI=1S/C14H13Cl2FN2/c1-14(18,12-6-5-10(17)8-19-12)7-9-3-2-4-11(15)13(9)16/h2-6,8H,7,18H2,1H3. The van der Waals surface area contributed by atoms with Gasteiger partial charge in [0.05, 0.1) is 27.5 Å². The maximum atomic E-state index is 12.9. The largest absolute Gasteiger partial charge is 0.320 e. The monoisotopic (exact) mass is 298 g/mol. The van der Waals surface area contributed by atoms with Gasteiger partial charge in [-0.1, -0.05) is 35.3 Å². The van der Waals surface area contributed by atoms with Gasteiger partial charge in [0.25, 0.3) is 0 Å². The average Bonchev–Trinajstić information content (AvgIpc) is 2.35.